The van der Waals surface area contributed by atoms with E-state index in [1.165, 1.54) is 11.6 Å². The van der Waals surface area contributed by atoms with Crippen LogP contribution in [-0.2, 0) is 22.4 Å². The second-order valence-corrected chi connectivity index (χ2v) is 7.24. The first-order chi connectivity index (χ1) is 13.7. The fourth-order valence-electron chi connectivity index (χ4n) is 3.62. The number of nitrogens with one attached hydrogen (secondary N) is 1. The zero-order valence-corrected chi connectivity index (χ0v) is 16.3. The summed E-state index contributed by atoms with van der Waals surface area (Å²) in [5, 5.41) is 3.09. The Morgan fingerprint density at radius 2 is 1.79 bits per heavy atom. The second kappa shape index (κ2) is 10.9. The lowest BCUT2D eigenvalue weighted by Gasteiger charge is -2.34. The monoisotopic (exact) mass is 384 g/mol. The van der Waals surface area contributed by atoms with Crippen molar-refractivity contribution < 1.29 is 13.9 Å². The molecule has 0 aliphatic carbocycles. The molecule has 2 aromatic rings. The number of rotatable bonds is 9. The Bertz CT molecular complexity index is 732. The first kappa shape index (κ1) is 20.5. The molecule has 28 heavy (non-hydrogen) atoms. The number of hydrogen-bond donors (Lipinski definition) is 1. The van der Waals surface area contributed by atoms with Crippen molar-refractivity contribution in [3.63, 3.8) is 0 Å². The highest BCUT2D eigenvalue weighted by Gasteiger charge is 2.21. The maximum Gasteiger partial charge on any atom is 0.220 e. The van der Waals surface area contributed by atoms with Gasteiger partial charge in [-0.05, 0) is 36.5 Å². The molecule has 1 N–H and O–H groups in total. The molecule has 5 heteroatoms. The van der Waals surface area contributed by atoms with E-state index in [0.717, 1.165) is 32.7 Å². The molecule has 1 fully saturated rings. The smallest absolute Gasteiger partial charge is 0.220 e. The first-order valence-electron chi connectivity index (χ1n) is 10.1. The fourth-order valence-corrected chi connectivity index (χ4v) is 3.62. The van der Waals surface area contributed by atoms with Gasteiger partial charge in [-0.15, -0.1) is 0 Å². The first-order valence-corrected chi connectivity index (χ1v) is 10.1. The second-order valence-electron chi connectivity index (χ2n) is 7.24. The molecule has 0 bridgehead atoms. The van der Waals surface area contributed by atoms with Crippen LogP contribution < -0.4 is 5.32 Å². The number of amides is 1. The van der Waals surface area contributed by atoms with E-state index in [0.29, 0.717) is 31.4 Å². The zero-order valence-electron chi connectivity index (χ0n) is 16.3. The predicted molar refractivity (Wildman–Crippen MR) is 109 cm³/mol. The van der Waals surface area contributed by atoms with Crippen LogP contribution >= 0.6 is 0 Å². The van der Waals surface area contributed by atoms with E-state index in [4.69, 9.17) is 4.74 Å². The van der Waals surface area contributed by atoms with Crippen molar-refractivity contribution in [1.29, 1.82) is 0 Å². The van der Waals surface area contributed by atoms with Gasteiger partial charge < -0.3 is 10.1 Å². The molecule has 3 rings (SSSR count). The molecular formula is C23H29FN2O2. The maximum atomic E-state index is 13.7. The van der Waals surface area contributed by atoms with Crippen LogP contribution in [0.15, 0.2) is 54.6 Å². The minimum atomic E-state index is -0.196. The average molecular weight is 384 g/mol. The van der Waals surface area contributed by atoms with Gasteiger partial charge in [0.15, 0.2) is 0 Å². The molecule has 0 saturated carbocycles. The molecular weight excluding hydrogens is 355 g/mol. The van der Waals surface area contributed by atoms with Gasteiger partial charge in [0.05, 0.1) is 13.2 Å². The van der Waals surface area contributed by atoms with Crippen molar-refractivity contribution in [2.75, 3.05) is 32.8 Å². The molecule has 1 heterocycles. The summed E-state index contributed by atoms with van der Waals surface area (Å²) in [6.45, 7) is 3.87. The number of aryl methyl sites for hydroxylation is 1. The van der Waals surface area contributed by atoms with Crippen LogP contribution in [0.5, 0.6) is 0 Å². The Balaban J connectivity index is 1.47. The number of ether oxygens (including phenoxy) is 1. The van der Waals surface area contributed by atoms with Crippen LogP contribution in [0.2, 0.25) is 0 Å². The van der Waals surface area contributed by atoms with Gasteiger partial charge >= 0.3 is 0 Å². The van der Waals surface area contributed by atoms with Gasteiger partial charge in [-0.25, -0.2) is 4.39 Å². The Morgan fingerprint density at radius 3 is 2.54 bits per heavy atom. The summed E-state index contributed by atoms with van der Waals surface area (Å²) in [5.41, 5.74) is 1.94. The van der Waals surface area contributed by atoms with Crippen LogP contribution in [0.1, 0.15) is 24.0 Å². The van der Waals surface area contributed by atoms with Crippen molar-refractivity contribution in [3.8, 4) is 0 Å². The summed E-state index contributed by atoms with van der Waals surface area (Å²) in [6, 6.07) is 17.4. The number of hydrogen-bond acceptors (Lipinski definition) is 3. The summed E-state index contributed by atoms with van der Waals surface area (Å²) in [4.78, 5) is 14.7. The maximum absolute atomic E-state index is 13.7. The van der Waals surface area contributed by atoms with Gasteiger partial charge in [-0.1, -0.05) is 48.5 Å². The molecule has 0 radical (unpaired) electrons. The Hall–Kier alpha value is -2.24. The Morgan fingerprint density at radius 1 is 1.07 bits per heavy atom. The topological polar surface area (TPSA) is 41.6 Å². The molecule has 1 amide bonds. The molecule has 1 saturated heterocycles. The van der Waals surface area contributed by atoms with Gasteiger partial charge in [0.2, 0.25) is 5.91 Å². The molecule has 4 nitrogen and oxygen atoms in total. The van der Waals surface area contributed by atoms with Gasteiger partial charge in [-0.2, -0.15) is 0 Å². The molecule has 0 spiro atoms. The van der Waals surface area contributed by atoms with Crippen molar-refractivity contribution in [1.82, 2.24) is 10.2 Å². The molecule has 150 valence electrons. The SMILES string of the molecule is O=C(CCCc1ccccc1F)NCC(Cc1ccccc1)N1CCOCC1. The van der Waals surface area contributed by atoms with Crippen molar-refractivity contribution >= 4 is 5.91 Å². The fraction of sp³-hybridized carbons (Fsp3) is 0.435. The number of benzene rings is 2. The quantitative estimate of drug-likeness (QED) is 0.722. The van der Waals surface area contributed by atoms with E-state index < -0.39 is 0 Å². The summed E-state index contributed by atoms with van der Waals surface area (Å²) in [6.07, 6.45) is 2.54. The molecule has 1 aliphatic rings. The van der Waals surface area contributed by atoms with E-state index in [1.807, 2.05) is 24.3 Å². The van der Waals surface area contributed by atoms with E-state index in [-0.39, 0.29) is 17.8 Å². The highest BCUT2D eigenvalue weighted by molar-refractivity contribution is 5.75. The lowest BCUT2D eigenvalue weighted by Crippen LogP contribution is -2.49. The molecule has 1 atom stereocenters. The highest BCUT2D eigenvalue weighted by Crippen LogP contribution is 2.12. The molecule has 0 aromatic heterocycles. The third-order valence-corrected chi connectivity index (χ3v) is 5.22. The Labute approximate surface area is 166 Å². The minimum Gasteiger partial charge on any atom is -0.379 e. The van der Waals surface area contributed by atoms with Crippen LogP contribution in [-0.4, -0.2) is 49.7 Å². The number of carbonyl (C=O) groups excluding carboxylic acids is 1. The number of carbonyl (C=O) groups is 1. The van der Waals surface area contributed by atoms with E-state index in [2.05, 4.69) is 22.3 Å². The third-order valence-electron chi connectivity index (χ3n) is 5.22. The largest absolute Gasteiger partial charge is 0.379 e. The third kappa shape index (κ3) is 6.43. The summed E-state index contributed by atoms with van der Waals surface area (Å²) < 4.78 is 19.1. The number of nitrogens with zero attached hydrogens (tertiary/aromatic N) is 1. The van der Waals surface area contributed by atoms with Crippen LogP contribution in [0.25, 0.3) is 0 Å². The van der Waals surface area contributed by atoms with Crippen molar-refractivity contribution in [3.05, 3.63) is 71.5 Å². The van der Waals surface area contributed by atoms with Crippen LogP contribution in [0.4, 0.5) is 4.39 Å². The Kier molecular flexibility index (Phi) is 8.00. The normalized spacial score (nSPS) is 15.9. The van der Waals surface area contributed by atoms with Gasteiger partial charge in [0.1, 0.15) is 5.82 Å². The summed E-state index contributed by atoms with van der Waals surface area (Å²) >= 11 is 0. The van der Waals surface area contributed by atoms with E-state index in [1.54, 1.807) is 12.1 Å². The number of halogens is 1. The summed E-state index contributed by atoms with van der Waals surface area (Å²) in [7, 11) is 0. The van der Waals surface area contributed by atoms with Crippen molar-refractivity contribution in [2.45, 2.75) is 31.7 Å². The van der Waals surface area contributed by atoms with Crippen LogP contribution in [0, 0.1) is 5.82 Å². The predicted octanol–water partition coefficient (Wildman–Crippen LogP) is 3.21. The van der Waals surface area contributed by atoms with Gasteiger partial charge in [0, 0.05) is 32.1 Å². The van der Waals surface area contributed by atoms with Gasteiger partial charge in [0.25, 0.3) is 0 Å². The lowest BCUT2D eigenvalue weighted by atomic mass is 10.0. The minimum absolute atomic E-state index is 0.0302. The van der Waals surface area contributed by atoms with E-state index >= 15 is 0 Å². The zero-order chi connectivity index (χ0) is 19.6. The van der Waals surface area contributed by atoms with Crippen molar-refractivity contribution in [2.24, 2.45) is 0 Å². The molecule has 1 aliphatic heterocycles. The number of morpholine rings is 1. The van der Waals surface area contributed by atoms with Crippen LogP contribution in [0.3, 0.4) is 0 Å². The highest BCUT2D eigenvalue weighted by atomic mass is 19.1. The lowest BCUT2D eigenvalue weighted by molar-refractivity contribution is -0.121. The molecule has 1 unspecified atom stereocenters. The van der Waals surface area contributed by atoms with E-state index in [9.17, 15) is 9.18 Å². The average Bonchev–Trinajstić information content (AvgIpc) is 2.74. The van der Waals surface area contributed by atoms with Gasteiger partial charge in [-0.3, -0.25) is 9.69 Å². The summed E-state index contributed by atoms with van der Waals surface area (Å²) in [5.74, 6) is -0.166. The standard InChI is InChI=1S/C23H29FN2O2/c24-22-11-5-4-9-20(22)10-6-12-23(27)25-18-21(26-13-15-28-16-14-26)17-19-7-2-1-3-8-19/h1-5,7-9,11,21H,6,10,12-18H2,(H,25,27). The molecule has 2 aromatic carbocycles.